The van der Waals surface area contributed by atoms with Gasteiger partial charge in [-0.05, 0) is 25.1 Å². The number of benzene rings is 1. The Bertz CT molecular complexity index is 811. The number of rotatable bonds is 9. The van der Waals surface area contributed by atoms with Crippen LogP contribution in [0.4, 0.5) is 5.13 Å². The molecule has 1 aromatic carbocycles. The number of hydrazone groups is 1. The van der Waals surface area contributed by atoms with Crippen molar-refractivity contribution in [2.45, 2.75) is 13.3 Å². The third-order valence-corrected chi connectivity index (χ3v) is 3.87. The molecule has 1 heterocycles. The van der Waals surface area contributed by atoms with Gasteiger partial charge in [-0.2, -0.15) is 5.10 Å². The van der Waals surface area contributed by atoms with E-state index in [0.717, 1.165) is 0 Å². The number of nitrogens with one attached hydrogen (secondary N) is 1. The SMILES string of the molecule is C#CCOc1ccc(OC)cc1C=NNc1nc(CC(=O)OCC)cs1. The van der Waals surface area contributed by atoms with Crippen LogP contribution in [-0.4, -0.2) is 37.5 Å². The Morgan fingerprint density at radius 3 is 3.08 bits per heavy atom. The summed E-state index contributed by atoms with van der Waals surface area (Å²) in [5.41, 5.74) is 4.16. The molecule has 0 radical (unpaired) electrons. The van der Waals surface area contributed by atoms with Crippen LogP contribution in [0.3, 0.4) is 0 Å². The lowest BCUT2D eigenvalue weighted by atomic mass is 10.2. The summed E-state index contributed by atoms with van der Waals surface area (Å²) in [6.07, 6.45) is 6.95. The molecule has 0 saturated carbocycles. The van der Waals surface area contributed by atoms with Gasteiger partial charge in [0, 0.05) is 10.9 Å². The van der Waals surface area contributed by atoms with Crippen LogP contribution in [0.15, 0.2) is 28.7 Å². The normalized spacial score (nSPS) is 10.3. The summed E-state index contributed by atoms with van der Waals surface area (Å²) in [4.78, 5) is 15.7. The number of carbonyl (C=O) groups is 1. The first-order valence-electron chi connectivity index (χ1n) is 7.79. The molecule has 0 fully saturated rings. The fourth-order valence-corrected chi connectivity index (χ4v) is 2.62. The summed E-state index contributed by atoms with van der Waals surface area (Å²) in [7, 11) is 1.58. The van der Waals surface area contributed by atoms with Crippen molar-refractivity contribution in [3.63, 3.8) is 0 Å². The zero-order valence-electron chi connectivity index (χ0n) is 14.5. The minimum Gasteiger partial charge on any atom is -0.497 e. The summed E-state index contributed by atoms with van der Waals surface area (Å²) in [5.74, 6) is 3.38. The standard InChI is InChI=1S/C18H19N3O4S/c1-4-8-25-16-7-6-15(23-3)9-13(16)11-19-21-18-20-14(12-26-18)10-17(22)24-5-2/h1,6-7,9,11-12H,5,8,10H2,2-3H3,(H,20,21). The molecule has 2 aromatic rings. The summed E-state index contributed by atoms with van der Waals surface area (Å²) >= 11 is 1.34. The fourth-order valence-electron chi connectivity index (χ4n) is 1.96. The van der Waals surface area contributed by atoms with Gasteiger partial charge in [0.25, 0.3) is 0 Å². The Morgan fingerprint density at radius 2 is 2.35 bits per heavy atom. The summed E-state index contributed by atoms with van der Waals surface area (Å²) in [6.45, 7) is 2.27. The highest BCUT2D eigenvalue weighted by molar-refractivity contribution is 7.13. The Morgan fingerprint density at radius 1 is 1.50 bits per heavy atom. The van der Waals surface area contributed by atoms with Gasteiger partial charge >= 0.3 is 5.97 Å². The maximum Gasteiger partial charge on any atom is 0.311 e. The quantitative estimate of drug-likeness (QED) is 0.315. The van der Waals surface area contributed by atoms with Gasteiger partial charge in [0.1, 0.15) is 18.1 Å². The predicted octanol–water partition coefficient (Wildman–Crippen LogP) is 2.72. The van der Waals surface area contributed by atoms with E-state index in [-0.39, 0.29) is 19.0 Å². The Kier molecular flexibility index (Phi) is 7.46. The number of hydrogen-bond donors (Lipinski definition) is 1. The minimum absolute atomic E-state index is 0.135. The molecule has 0 aliphatic rings. The van der Waals surface area contributed by atoms with E-state index in [1.54, 1.807) is 43.8 Å². The van der Waals surface area contributed by atoms with Crippen LogP contribution in [0, 0.1) is 12.3 Å². The number of terminal acetylenes is 1. The van der Waals surface area contributed by atoms with Crippen molar-refractivity contribution in [2.24, 2.45) is 5.10 Å². The molecule has 26 heavy (non-hydrogen) atoms. The molecule has 0 spiro atoms. The maximum atomic E-state index is 11.5. The number of methoxy groups -OCH3 is 1. The van der Waals surface area contributed by atoms with Gasteiger partial charge in [-0.1, -0.05) is 5.92 Å². The largest absolute Gasteiger partial charge is 0.497 e. The molecule has 1 aromatic heterocycles. The molecule has 0 saturated heterocycles. The number of nitrogens with zero attached hydrogens (tertiary/aromatic N) is 2. The van der Waals surface area contributed by atoms with Crippen molar-refractivity contribution in [3.8, 4) is 23.8 Å². The third-order valence-electron chi connectivity index (χ3n) is 3.07. The number of carbonyl (C=O) groups excluding carboxylic acids is 1. The van der Waals surface area contributed by atoms with E-state index >= 15 is 0 Å². The molecule has 1 N–H and O–H groups in total. The van der Waals surface area contributed by atoms with Crippen LogP contribution in [0.2, 0.25) is 0 Å². The van der Waals surface area contributed by atoms with Gasteiger partial charge in [-0.25, -0.2) is 4.98 Å². The molecule has 136 valence electrons. The van der Waals surface area contributed by atoms with Crippen molar-refractivity contribution < 1.29 is 19.0 Å². The lowest BCUT2D eigenvalue weighted by Crippen LogP contribution is -2.07. The molecule has 2 rings (SSSR count). The molecular weight excluding hydrogens is 354 g/mol. The van der Waals surface area contributed by atoms with Crippen molar-refractivity contribution in [3.05, 3.63) is 34.8 Å². The number of aromatic nitrogens is 1. The summed E-state index contributed by atoms with van der Waals surface area (Å²) < 4.78 is 15.6. The minimum atomic E-state index is -0.306. The first-order valence-corrected chi connectivity index (χ1v) is 8.67. The highest BCUT2D eigenvalue weighted by Crippen LogP contribution is 2.23. The molecule has 0 amide bonds. The Hall–Kier alpha value is -3.05. The Labute approximate surface area is 156 Å². The van der Waals surface area contributed by atoms with E-state index in [4.69, 9.17) is 20.6 Å². The topological polar surface area (TPSA) is 82.0 Å². The van der Waals surface area contributed by atoms with Crippen molar-refractivity contribution >= 4 is 28.7 Å². The highest BCUT2D eigenvalue weighted by atomic mass is 32.1. The van der Waals surface area contributed by atoms with Gasteiger partial charge in [0.05, 0.1) is 32.0 Å². The average Bonchev–Trinajstić information content (AvgIpc) is 3.07. The molecular formula is C18H19N3O4S. The average molecular weight is 373 g/mol. The molecule has 0 aliphatic heterocycles. The van der Waals surface area contributed by atoms with E-state index in [2.05, 4.69) is 21.4 Å². The Balaban J connectivity index is 2.02. The van der Waals surface area contributed by atoms with Gasteiger partial charge < -0.3 is 14.2 Å². The second-order valence-electron chi connectivity index (χ2n) is 4.89. The van der Waals surface area contributed by atoms with E-state index in [9.17, 15) is 4.79 Å². The zero-order chi connectivity index (χ0) is 18.8. The molecule has 0 bridgehead atoms. The molecule has 0 unspecified atom stereocenters. The number of ether oxygens (including phenoxy) is 3. The number of hydrogen-bond acceptors (Lipinski definition) is 8. The second kappa shape index (κ2) is 10.1. The first-order chi connectivity index (χ1) is 12.7. The smallest absolute Gasteiger partial charge is 0.311 e. The number of esters is 1. The predicted molar refractivity (Wildman–Crippen MR) is 101 cm³/mol. The molecule has 0 atom stereocenters. The summed E-state index contributed by atoms with van der Waals surface area (Å²) in [6, 6.07) is 5.32. The van der Waals surface area contributed by atoms with Crippen molar-refractivity contribution in [1.29, 1.82) is 0 Å². The molecule has 0 aliphatic carbocycles. The highest BCUT2D eigenvalue weighted by Gasteiger charge is 2.08. The molecule has 8 heteroatoms. The van der Waals surface area contributed by atoms with E-state index in [1.165, 1.54) is 11.3 Å². The monoisotopic (exact) mass is 373 g/mol. The van der Waals surface area contributed by atoms with Crippen LogP contribution < -0.4 is 14.9 Å². The van der Waals surface area contributed by atoms with Crippen molar-refractivity contribution in [2.75, 3.05) is 25.7 Å². The second-order valence-corrected chi connectivity index (χ2v) is 5.75. The lowest BCUT2D eigenvalue weighted by Gasteiger charge is -2.08. The van der Waals surface area contributed by atoms with Gasteiger partial charge in [-0.3, -0.25) is 10.2 Å². The van der Waals surface area contributed by atoms with Crippen molar-refractivity contribution in [1.82, 2.24) is 4.98 Å². The van der Waals surface area contributed by atoms with Gasteiger partial charge in [-0.15, -0.1) is 17.8 Å². The van der Waals surface area contributed by atoms with Crippen LogP contribution in [0.25, 0.3) is 0 Å². The van der Waals surface area contributed by atoms with E-state index in [1.807, 2.05) is 0 Å². The number of anilines is 1. The van der Waals surface area contributed by atoms with Gasteiger partial charge in [0.2, 0.25) is 5.13 Å². The van der Waals surface area contributed by atoms with Crippen LogP contribution >= 0.6 is 11.3 Å². The zero-order valence-corrected chi connectivity index (χ0v) is 15.3. The maximum absolute atomic E-state index is 11.5. The molecule has 7 nitrogen and oxygen atoms in total. The fraction of sp³-hybridized carbons (Fsp3) is 0.278. The van der Waals surface area contributed by atoms with Gasteiger partial charge in [0.15, 0.2) is 0 Å². The van der Waals surface area contributed by atoms with Crippen LogP contribution in [0.1, 0.15) is 18.2 Å². The van der Waals surface area contributed by atoms with E-state index < -0.39 is 0 Å². The third kappa shape index (κ3) is 5.79. The van der Waals surface area contributed by atoms with Crippen LogP contribution in [-0.2, 0) is 16.0 Å². The van der Waals surface area contributed by atoms with E-state index in [0.29, 0.717) is 34.5 Å². The summed E-state index contributed by atoms with van der Waals surface area (Å²) in [5, 5.41) is 6.50. The number of thiazole rings is 1. The van der Waals surface area contributed by atoms with Crippen LogP contribution in [0.5, 0.6) is 11.5 Å². The first kappa shape index (κ1) is 19.3. The lowest BCUT2D eigenvalue weighted by molar-refractivity contribution is -0.142.